The molecule has 1 aromatic heterocycles. The monoisotopic (exact) mass is 526 g/mol. The molecule has 1 saturated heterocycles. The molecule has 37 heavy (non-hydrogen) atoms. The summed E-state index contributed by atoms with van der Waals surface area (Å²) in [5.41, 5.74) is 0.888. The normalized spacial score (nSPS) is 18.9. The molecule has 1 fully saturated rings. The average molecular weight is 527 g/mol. The molecule has 0 saturated carbocycles. The third kappa shape index (κ3) is 5.67. The lowest BCUT2D eigenvalue weighted by Crippen LogP contribution is -2.49. The molecule has 2 aliphatic heterocycles. The molecule has 3 heterocycles. The summed E-state index contributed by atoms with van der Waals surface area (Å²) < 4.78 is 40.2. The van der Waals surface area contributed by atoms with Crippen LogP contribution in [0.25, 0.3) is 0 Å². The lowest BCUT2D eigenvalue weighted by atomic mass is 10.00. The van der Waals surface area contributed by atoms with E-state index in [0.717, 1.165) is 23.3 Å². The van der Waals surface area contributed by atoms with Crippen LogP contribution in [-0.2, 0) is 16.0 Å². The summed E-state index contributed by atoms with van der Waals surface area (Å²) in [6.45, 7) is 1.10. The molecular formula is C28H28F2N2O4S. The van der Waals surface area contributed by atoms with E-state index in [-0.39, 0.29) is 43.0 Å². The predicted molar refractivity (Wildman–Crippen MR) is 136 cm³/mol. The van der Waals surface area contributed by atoms with Gasteiger partial charge in [0.2, 0.25) is 5.91 Å². The molecule has 9 heteroatoms. The van der Waals surface area contributed by atoms with Gasteiger partial charge in [0.15, 0.2) is 11.6 Å². The van der Waals surface area contributed by atoms with Crippen molar-refractivity contribution in [2.75, 3.05) is 32.8 Å². The molecule has 2 atom stereocenters. The first kappa shape index (κ1) is 25.4. The highest BCUT2D eigenvalue weighted by molar-refractivity contribution is 7.10. The molecule has 3 aromatic rings. The number of carbonyl (C=O) groups excluding carboxylic acids is 2. The van der Waals surface area contributed by atoms with Crippen LogP contribution in [0.3, 0.4) is 0 Å². The van der Waals surface area contributed by atoms with Gasteiger partial charge in [0, 0.05) is 24.6 Å². The van der Waals surface area contributed by atoms with Gasteiger partial charge < -0.3 is 19.3 Å². The van der Waals surface area contributed by atoms with Gasteiger partial charge in [-0.3, -0.25) is 9.59 Å². The van der Waals surface area contributed by atoms with E-state index in [9.17, 15) is 18.4 Å². The Hall–Kier alpha value is -3.30. The van der Waals surface area contributed by atoms with Gasteiger partial charge in [0.25, 0.3) is 5.91 Å². The maximum atomic E-state index is 14.5. The van der Waals surface area contributed by atoms with E-state index in [2.05, 4.69) is 0 Å². The van der Waals surface area contributed by atoms with Gasteiger partial charge in [-0.05, 0) is 60.5 Å². The van der Waals surface area contributed by atoms with Crippen LogP contribution in [0.5, 0.6) is 5.75 Å². The van der Waals surface area contributed by atoms with E-state index in [0.29, 0.717) is 19.6 Å². The van der Waals surface area contributed by atoms with Gasteiger partial charge in [0.1, 0.15) is 19.0 Å². The van der Waals surface area contributed by atoms with Crippen molar-refractivity contribution in [3.05, 3.63) is 87.6 Å². The van der Waals surface area contributed by atoms with Crippen molar-refractivity contribution < 1.29 is 27.8 Å². The Morgan fingerprint density at radius 2 is 1.86 bits per heavy atom. The largest absolute Gasteiger partial charge is 0.488 e. The Balaban J connectivity index is 1.37. The number of ether oxygens (including phenoxy) is 2. The highest BCUT2D eigenvalue weighted by Gasteiger charge is 2.35. The number of benzene rings is 2. The molecule has 0 bridgehead atoms. The summed E-state index contributed by atoms with van der Waals surface area (Å²) in [5, 5.41) is 1.97. The fourth-order valence-electron chi connectivity index (χ4n) is 4.92. The van der Waals surface area contributed by atoms with Crippen molar-refractivity contribution in [1.29, 1.82) is 0 Å². The first-order chi connectivity index (χ1) is 18.0. The standard InChI is InChI=1S/C28H28F2N2O4S/c29-22-8-2-1-7-20(22)28(34)31(16-19-6-5-14-35-19)17-27(33)32-13-11-26-21(12-15-37-26)24(32)18-36-25-10-4-3-9-23(25)30/h1-4,7-10,12,15,19,24H,5-6,11,13-14,16-18H2/t19-,24-/m0/s1. The number of hydrogen-bond acceptors (Lipinski definition) is 5. The Kier molecular flexibility index (Phi) is 7.81. The topological polar surface area (TPSA) is 59.1 Å². The Morgan fingerprint density at radius 3 is 2.62 bits per heavy atom. The van der Waals surface area contributed by atoms with E-state index in [1.807, 2.05) is 11.4 Å². The molecule has 2 amide bonds. The number of thiophene rings is 1. The third-order valence-corrected chi connectivity index (χ3v) is 7.81. The average Bonchev–Trinajstić information content (AvgIpc) is 3.60. The first-order valence-electron chi connectivity index (χ1n) is 12.4. The minimum Gasteiger partial charge on any atom is -0.488 e. The number of amides is 2. The SMILES string of the molecule is O=C(c1ccccc1F)N(CC(=O)N1CCc2sccc2[C@@H]1COc1ccccc1F)C[C@@H]1CCCO1. The van der Waals surface area contributed by atoms with Crippen LogP contribution in [0.15, 0.2) is 60.0 Å². The molecule has 2 aliphatic rings. The fourth-order valence-corrected chi connectivity index (χ4v) is 5.85. The third-order valence-electron chi connectivity index (χ3n) is 6.81. The van der Waals surface area contributed by atoms with Crippen molar-refractivity contribution >= 4 is 23.2 Å². The minimum atomic E-state index is -0.630. The van der Waals surface area contributed by atoms with E-state index in [4.69, 9.17) is 9.47 Å². The zero-order valence-corrected chi connectivity index (χ0v) is 21.1. The molecule has 2 aromatic carbocycles. The molecule has 0 unspecified atom stereocenters. The minimum absolute atomic E-state index is 0.0728. The van der Waals surface area contributed by atoms with Gasteiger partial charge in [-0.2, -0.15) is 0 Å². The van der Waals surface area contributed by atoms with Crippen LogP contribution in [0.2, 0.25) is 0 Å². The van der Waals surface area contributed by atoms with Crippen molar-refractivity contribution in [3.8, 4) is 5.75 Å². The van der Waals surface area contributed by atoms with Crippen molar-refractivity contribution in [2.45, 2.75) is 31.4 Å². The Morgan fingerprint density at radius 1 is 1.08 bits per heavy atom. The molecule has 0 aliphatic carbocycles. The second-order valence-electron chi connectivity index (χ2n) is 9.19. The summed E-state index contributed by atoms with van der Waals surface area (Å²) in [4.78, 5) is 31.3. The van der Waals surface area contributed by atoms with Crippen LogP contribution >= 0.6 is 11.3 Å². The smallest absolute Gasteiger partial charge is 0.257 e. The zero-order chi connectivity index (χ0) is 25.8. The van der Waals surface area contributed by atoms with E-state index in [1.165, 1.54) is 29.2 Å². The maximum Gasteiger partial charge on any atom is 0.257 e. The van der Waals surface area contributed by atoms with Crippen molar-refractivity contribution in [1.82, 2.24) is 9.80 Å². The van der Waals surface area contributed by atoms with Gasteiger partial charge in [0.05, 0.1) is 17.7 Å². The molecule has 0 radical (unpaired) electrons. The fraction of sp³-hybridized carbons (Fsp3) is 0.357. The summed E-state index contributed by atoms with van der Waals surface area (Å²) >= 11 is 1.62. The molecule has 6 nitrogen and oxygen atoms in total. The highest BCUT2D eigenvalue weighted by atomic mass is 32.1. The van der Waals surface area contributed by atoms with Crippen LogP contribution in [0, 0.1) is 11.6 Å². The lowest BCUT2D eigenvalue weighted by Gasteiger charge is -2.37. The number of nitrogens with zero attached hydrogens (tertiary/aromatic N) is 2. The van der Waals surface area contributed by atoms with Gasteiger partial charge in [-0.15, -0.1) is 11.3 Å². The molecule has 5 rings (SSSR count). The van der Waals surface area contributed by atoms with E-state index in [1.54, 1.807) is 40.5 Å². The van der Waals surface area contributed by atoms with Crippen LogP contribution in [0.4, 0.5) is 8.78 Å². The van der Waals surface area contributed by atoms with Crippen LogP contribution in [-0.4, -0.2) is 60.6 Å². The zero-order valence-electron chi connectivity index (χ0n) is 20.3. The van der Waals surface area contributed by atoms with Gasteiger partial charge in [-0.1, -0.05) is 24.3 Å². The second kappa shape index (κ2) is 11.4. The molecule has 194 valence electrons. The van der Waals surface area contributed by atoms with Crippen LogP contribution in [0.1, 0.15) is 39.7 Å². The number of carbonyl (C=O) groups is 2. The maximum absolute atomic E-state index is 14.5. The van der Waals surface area contributed by atoms with Gasteiger partial charge >= 0.3 is 0 Å². The Labute approximate surface area is 218 Å². The first-order valence-corrected chi connectivity index (χ1v) is 13.3. The molecule has 0 N–H and O–H groups in total. The number of halogens is 2. The summed E-state index contributed by atoms with van der Waals surface area (Å²) in [7, 11) is 0. The lowest BCUT2D eigenvalue weighted by molar-refractivity contribution is -0.135. The van der Waals surface area contributed by atoms with Gasteiger partial charge in [-0.25, -0.2) is 8.78 Å². The van der Waals surface area contributed by atoms with Crippen LogP contribution < -0.4 is 4.74 Å². The van der Waals surface area contributed by atoms with Crippen molar-refractivity contribution in [3.63, 3.8) is 0 Å². The van der Waals surface area contributed by atoms with Crippen molar-refractivity contribution in [2.24, 2.45) is 0 Å². The quantitative estimate of drug-likeness (QED) is 0.421. The molecular weight excluding hydrogens is 498 g/mol. The summed E-state index contributed by atoms with van der Waals surface area (Å²) in [6.07, 6.45) is 2.13. The molecule has 0 spiro atoms. The Bertz CT molecular complexity index is 1260. The summed E-state index contributed by atoms with van der Waals surface area (Å²) in [5.74, 6) is -1.81. The number of hydrogen-bond donors (Lipinski definition) is 0. The predicted octanol–water partition coefficient (Wildman–Crippen LogP) is 4.85. The highest BCUT2D eigenvalue weighted by Crippen LogP contribution is 2.34. The van der Waals surface area contributed by atoms with E-state index >= 15 is 0 Å². The number of fused-ring (bicyclic) bond motifs is 1. The number of para-hydroxylation sites is 1. The number of rotatable bonds is 8. The van der Waals surface area contributed by atoms with E-state index < -0.39 is 23.6 Å². The second-order valence-corrected chi connectivity index (χ2v) is 10.2. The summed E-state index contributed by atoms with van der Waals surface area (Å²) in [6, 6.07) is 13.5.